The summed E-state index contributed by atoms with van der Waals surface area (Å²) in [4.78, 5) is 22.5. The van der Waals surface area contributed by atoms with Gasteiger partial charge in [-0.15, -0.1) is 0 Å². The van der Waals surface area contributed by atoms with Crippen molar-refractivity contribution in [3.05, 3.63) is 39.2 Å². The summed E-state index contributed by atoms with van der Waals surface area (Å²) in [6.45, 7) is 11.2. The summed E-state index contributed by atoms with van der Waals surface area (Å²) >= 11 is 0. The van der Waals surface area contributed by atoms with E-state index in [1.807, 2.05) is 13.8 Å². The minimum atomic E-state index is -0.757. The van der Waals surface area contributed by atoms with Gasteiger partial charge in [0.1, 0.15) is 5.82 Å². The Morgan fingerprint density at radius 3 is 2.27 bits per heavy atom. The predicted molar refractivity (Wildman–Crippen MR) is 83.4 cm³/mol. The number of amides is 1. The van der Waals surface area contributed by atoms with Crippen molar-refractivity contribution in [3.63, 3.8) is 0 Å². The Kier molecular flexibility index (Phi) is 4.95. The van der Waals surface area contributed by atoms with Gasteiger partial charge >= 0.3 is 0 Å². The zero-order chi connectivity index (χ0) is 17.3. The van der Waals surface area contributed by atoms with Crippen molar-refractivity contribution in [1.82, 2.24) is 5.32 Å². The molecule has 0 aromatic heterocycles. The molecule has 5 nitrogen and oxygen atoms in total. The molecule has 1 rings (SSSR count). The number of nitro groups is 1. The third-order valence-electron chi connectivity index (χ3n) is 3.20. The molecular formula is C16H23FN2O3. The highest BCUT2D eigenvalue weighted by atomic mass is 19.1. The summed E-state index contributed by atoms with van der Waals surface area (Å²) in [5, 5.41) is 13.7. The Labute approximate surface area is 130 Å². The molecule has 0 aliphatic carbocycles. The fraction of sp³-hybridized carbons (Fsp3) is 0.562. The molecule has 0 bridgehead atoms. The molecule has 0 spiro atoms. The van der Waals surface area contributed by atoms with Gasteiger partial charge in [0.15, 0.2) is 0 Å². The van der Waals surface area contributed by atoms with Gasteiger partial charge in [-0.3, -0.25) is 14.9 Å². The number of hydrogen-bond acceptors (Lipinski definition) is 3. The quantitative estimate of drug-likeness (QED) is 0.675. The van der Waals surface area contributed by atoms with Crippen LogP contribution in [-0.4, -0.2) is 16.4 Å². The lowest BCUT2D eigenvalue weighted by atomic mass is 9.81. The van der Waals surface area contributed by atoms with Gasteiger partial charge in [-0.2, -0.15) is 0 Å². The number of nitro benzene ring substituents is 1. The second-order valence-electron chi connectivity index (χ2n) is 7.43. The smallest absolute Gasteiger partial charge is 0.276 e. The topological polar surface area (TPSA) is 72.2 Å². The van der Waals surface area contributed by atoms with Gasteiger partial charge < -0.3 is 5.32 Å². The summed E-state index contributed by atoms with van der Waals surface area (Å²) in [5.41, 5.74) is -1.02. The number of rotatable bonds is 4. The average Bonchev–Trinajstić information content (AvgIpc) is 2.27. The van der Waals surface area contributed by atoms with Gasteiger partial charge in [0.2, 0.25) is 0 Å². The molecule has 1 aromatic rings. The van der Waals surface area contributed by atoms with E-state index >= 15 is 0 Å². The van der Waals surface area contributed by atoms with Crippen molar-refractivity contribution in [3.8, 4) is 0 Å². The van der Waals surface area contributed by atoms with Crippen molar-refractivity contribution < 1.29 is 14.1 Å². The normalized spacial score (nSPS) is 12.1. The molecule has 0 radical (unpaired) electrons. The van der Waals surface area contributed by atoms with Crippen molar-refractivity contribution in [1.29, 1.82) is 0 Å². The number of hydrogen-bond donors (Lipinski definition) is 1. The van der Waals surface area contributed by atoms with Gasteiger partial charge in [0.25, 0.3) is 11.6 Å². The van der Waals surface area contributed by atoms with Crippen LogP contribution < -0.4 is 5.32 Å². The largest absolute Gasteiger partial charge is 0.347 e. The molecule has 0 unspecified atom stereocenters. The fourth-order valence-electron chi connectivity index (χ4n) is 2.73. The molecule has 0 saturated heterocycles. The van der Waals surface area contributed by atoms with E-state index in [9.17, 15) is 19.3 Å². The Morgan fingerprint density at radius 2 is 1.82 bits per heavy atom. The number of carbonyl (C=O) groups excluding carboxylic acids is 1. The van der Waals surface area contributed by atoms with E-state index in [0.29, 0.717) is 6.42 Å². The van der Waals surface area contributed by atoms with E-state index in [4.69, 9.17) is 0 Å². The molecule has 122 valence electrons. The second-order valence-corrected chi connectivity index (χ2v) is 7.43. The summed E-state index contributed by atoms with van der Waals surface area (Å²) in [6, 6.07) is 2.14. The van der Waals surface area contributed by atoms with E-state index in [0.717, 1.165) is 12.1 Å². The SMILES string of the molecule is Cc1c(F)cc(C(=O)NC(C)(C)CC(C)(C)C)cc1[N+](=O)[O-]. The summed E-state index contributed by atoms with van der Waals surface area (Å²) in [7, 11) is 0. The maximum atomic E-state index is 13.8. The van der Waals surface area contributed by atoms with Crippen molar-refractivity contribution in [2.24, 2.45) is 5.41 Å². The van der Waals surface area contributed by atoms with Gasteiger partial charge in [0, 0.05) is 17.2 Å². The van der Waals surface area contributed by atoms with E-state index in [2.05, 4.69) is 26.1 Å². The number of benzene rings is 1. The van der Waals surface area contributed by atoms with Crippen LogP contribution in [0.5, 0.6) is 0 Å². The van der Waals surface area contributed by atoms with E-state index in [1.165, 1.54) is 6.92 Å². The molecule has 22 heavy (non-hydrogen) atoms. The molecule has 0 aliphatic heterocycles. The molecule has 1 aromatic carbocycles. The minimum absolute atomic E-state index is 0.00129. The third-order valence-corrected chi connectivity index (χ3v) is 3.20. The van der Waals surface area contributed by atoms with Gasteiger partial charge in [-0.25, -0.2) is 4.39 Å². The summed E-state index contributed by atoms with van der Waals surface area (Å²) in [5.74, 6) is -1.27. The van der Waals surface area contributed by atoms with Crippen LogP contribution in [0, 0.1) is 28.3 Å². The lowest BCUT2D eigenvalue weighted by Crippen LogP contribution is -2.45. The molecule has 1 N–H and O–H groups in total. The minimum Gasteiger partial charge on any atom is -0.347 e. The summed E-state index contributed by atoms with van der Waals surface area (Å²) in [6.07, 6.45) is 0.710. The second kappa shape index (κ2) is 6.02. The van der Waals surface area contributed by atoms with E-state index in [-0.39, 0.29) is 16.5 Å². The Morgan fingerprint density at radius 1 is 1.27 bits per heavy atom. The van der Waals surface area contributed by atoms with Crippen LogP contribution in [0.3, 0.4) is 0 Å². The lowest BCUT2D eigenvalue weighted by Gasteiger charge is -2.33. The number of halogens is 1. The molecule has 0 atom stereocenters. The zero-order valence-corrected chi connectivity index (χ0v) is 13.9. The van der Waals surface area contributed by atoms with Crippen LogP contribution in [0.1, 0.15) is 57.0 Å². The highest BCUT2D eigenvalue weighted by Crippen LogP contribution is 2.28. The monoisotopic (exact) mass is 310 g/mol. The predicted octanol–water partition coefficient (Wildman–Crippen LogP) is 3.99. The fourth-order valence-corrected chi connectivity index (χ4v) is 2.73. The maximum Gasteiger partial charge on any atom is 0.276 e. The summed E-state index contributed by atoms with van der Waals surface area (Å²) < 4.78 is 13.8. The Hall–Kier alpha value is -1.98. The molecule has 0 fully saturated rings. The first-order valence-electron chi connectivity index (χ1n) is 7.09. The zero-order valence-electron chi connectivity index (χ0n) is 13.9. The molecule has 0 aliphatic rings. The van der Waals surface area contributed by atoms with Crippen LogP contribution in [-0.2, 0) is 0 Å². The number of nitrogens with zero attached hydrogens (tertiary/aromatic N) is 1. The third kappa shape index (κ3) is 4.79. The maximum absolute atomic E-state index is 13.8. The van der Waals surface area contributed by atoms with Crippen LogP contribution in [0.2, 0.25) is 0 Å². The van der Waals surface area contributed by atoms with Crippen LogP contribution in [0.4, 0.5) is 10.1 Å². The van der Waals surface area contributed by atoms with E-state index in [1.54, 1.807) is 0 Å². The highest BCUT2D eigenvalue weighted by Gasteiger charge is 2.28. The Bertz CT molecular complexity index is 604. The van der Waals surface area contributed by atoms with Crippen LogP contribution in [0.15, 0.2) is 12.1 Å². The van der Waals surface area contributed by atoms with Crippen LogP contribution >= 0.6 is 0 Å². The highest BCUT2D eigenvalue weighted by molar-refractivity contribution is 5.95. The van der Waals surface area contributed by atoms with E-state index < -0.39 is 27.9 Å². The molecule has 0 heterocycles. The molecule has 6 heteroatoms. The number of nitrogens with one attached hydrogen (secondary N) is 1. The van der Waals surface area contributed by atoms with Crippen LogP contribution in [0.25, 0.3) is 0 Å². The molecular weight excluding hydrogens is 287 g/mol. The van der Waals surface area contributed by atoms with Crippen molar-refractivity contribution >= 4 is 11.6 Å². The lowest BCUT2D eigenvalue weighted by molar-refractivity contribution is -0.385. The average molecular weight is 310 g/mol. The van der Waals surface area contributed by atoms with Gasteiger partial charge in [0.05, 0.1) is 10.5 Å². The Balaban J connectivity index is 3.07. The molecule has 1 amide bonds. The van der Waals surface area contributed by atoms with Gasteiger partial charge in [-0.05, 0) is 38.7 Å². The first-order chi connectivity index (χ1) is 9.82. The van der Waals surface area contributed by atoms with Crippen molar-refractivity contribution in [2.45, 2.75) is 53.5 Å². The van der Waals surface area contributed by atoms with Crippen molar-refractivity contribution in [2.75, 3.05) is 0 Å². The number of carbonyl (C=O) groups is 1. The molecule has 0 saturated carbocycles. The van der Waals surface area contributed by atoms with Gasteiger partial charge in [-0.1, -0.05) is 20.8 Å². The first kappa shape index (κ1) is 18.1. The standard InChI is InChI=1S/C16H23FN2O3/c1-10-12(17)7-11(8-13(10)19(21)22)14(20)18-16(5,6)9-15(2,3)4/h7-8H,9H2,1-6H3,(H,18,20). The first-order valence-corrected chi connectivity index (χ1v) is 7.09.